The Labute approximate surface area is 114 Å². The van der Waals surface area contributed by atoms with E-state index in [1.807, 2.05) is 12.4 Å². The highest BCUT2D eigenvalue weighted by Gasteiger charge is 2.19. The van der Waals surface area contributed by atoms with Crippen molar-refractivity contribution >= 4 is 5.69 Å². The lowest BCUT2D eigenvalue weighted by Crippen LogP contribution is -2.45. The summed E-state index contributed by atoms with van der Waals surface area (Å²) in [7, 11) is 3.34. The zero-order chi connectivity index (χ0) is 13.5. The number of hydrogen-bond donors (Lipinski definition) is 1. The third kappa shape index (κ3) is 4.16. The second kappa shape index (κ2) is 7.43. The van der Waals surface area contributed by atoms with Gasteiger partial charge in [-0.3, -0.25) is 4.98 Å². The summed E-state index contributed by atoms with van der Waals surface area (Å²) in [4.78, 5) is 6.46. The third-order valence-electron chi connectivity index (χ3n) is 3.62. The minimum Gasteiger partial charge on any atom is -0.371 e. The van der Waals surface area contributed by atoms with Crippen LogP contribution in [-0.2, 0) is 9.47 Å². The molecule has 19 heavy (non-hydrogen) atoms. The monoisotopic (exact) mass is 265 g/mol. The van der Waals surface area contributed by atoms with Gasteiger partial charge in [-0.05, 0) is 25.0 Å². The van der Waals surface area contributed by atoms with Crippen LogP contribution in [0.1, 0.15) is 12.8 Å². The average molecular weight is 265 g/mol. The second-order valence-corrected chi connectivity index (χ2v) is 4.78. The zero-order valence-corrected chi connectivity index (χ0v) is 11.7. The summed E-state index contributed by atoms with van der Waals surface area (Å²) in [6.07, 6.45) is 5.83. The first-order valence-corrected chi connectivity index (χ1v) is 6.77. The van der Waals surface area contributed by atoms with E-state index in [-0.39, 0.29) is 6.29 Å². The van der Waals surface area contributed by atoms with Crippen LogP contribution in [-0.4, -0.2) is 51.2 Å². The lowest BCUT2D eigenvalue weighted by atomic mass is 10.0. The van der Waals surface area contributed by atoms with Crippen LogP contribution in [0.15, 0.2) is 24.5 Å². The molecule has 0 aromatic carbocycles. The second-order valence-electron chi connectivity index (χ2n) is 4.78. The standard InChI is InChI=1S/C14H23N3O2/c1-18-14(19-2)11-16-12-5-9-17(10-6-12)13-3-7-15-8-4-13/h3-4,7-8,12,14,16H,5-6,9-11H2,1-2H3. The molecule has 1 N–H and O–H groups in total. The molecular formula is C14H23N3O2. The van der Waals surface area contributed by atoms with Crippen molar-refractivity contribution < 1.29 is 9.47 Å². The predicted molar refractivity (Wildman–Crippen MR) is 75.3 cm³/mol. The number of pyridine rings is 1. The molecule has 1 aromatic rings. The van der Waals surface area contributed by atoms with Gasteiger partial charge in [0.15, 0.2) is 6.29 Å². The lowest BCUT2D eigenvalue weighted by molar-refractivity contribution is -0.100. The van der Waals surface area contributed by atoms with E-state index in [0.29, 0.717) is 6.04 Å². The highest BCUT2D eigenvalue weighted by molar-refractivity contribution is 5.44. The normalized spacial score (nSPS) is 17.1. The van der Waals surface area contributed by atoms with Crippen LogP contribution in [0.4, 0.5) is 5.69 Å². The first-order valence-electron chi connectivity index (χ1n) is 6.77. The molecule has 5 nitrogen and oxygen atoms in total. The van der Waals surface area contributed by atoms with Crippen molar-refractivity contribution in [2.24, 2.45) is 0 Å². The summed E-state index contributed by atoms with van der Waals surface area (Å²) >= 11 is 0. The van der Waals surface area contributed by atoms with Gasteiger partial charge in [0, 0.05) is 58.0 Å². The Hall–Kier alpha value is -1.17. The molecule has 1 saturated heterocycles. The number of nitrogens with zero attached hydrogens (tertiary/aromatic N) is 2. The van der Waals surface area contributed by atoms with Crippen molar-refractivity contribution in [2.45, 2.75) is 25.2 Å². The van der Waals surface area contributed by atoms with Crippen LogP contribution in [0.25, 0.3) is 0 Å². The van der Waals surface area contributed by atoms with Crippen molar-refractivity contribution in [2.75, 3.05) is 38.8 Å². The Kier molecular flexibility index (Phi) is 5.57. The Morgan fingerprint density at radius 1 is 1.26 bits per heavy atom. The maximum absolute atomic E-state index is 5.18. The van der Waals surface area contributed by atoms with Crippen LogP contribution in [0.3, 0.4) is 0 Å². The number of anilines is 1. The van der Waals surface area contributed by atoms with E-state index in [1.54, 1.807) is 14.2 Å². The number of piperidine rings is 1. The Balaban J connectivity index is 1.74. The molecule has 1 aromatic heterocycles. The Morgan fingerprint density at radius 3 is 2.47 bits per heavy atom. The third-order valence-corrected chi connectivity index (χ3v) is 3.62. The topological polar surface area (TPSA) is 46.6 Å². The highest BCUT2D eigenvalue weighted by atomic mass is 16.7. The van der Waals surface area contributed by atoms with Gasteiger partial charge in [-0.1, -0.05) is 0 Å². The van der Waals surface area contributed by atoms with Gasteiger partial charge in [0.05, 0.1) is 0 Å². The minimum atomic E-state index is -0.154. The molecule has 2 heterocycles. The van der Waals surface area contributed by atoms with Crippen LogP contribution >= 0.6 is 0 Å². The maximum Gasteiger partial charge on any atom is 0.169 e. The van der Waals surface area contributed by atoms with Gasteiger partial charge in [0.25, 0.3) is 0 Å². The minimum absolute atomic E-state index is 0.154. The summed E-state index contributed by atoms with van der Waals surface area (Å²) in [5, 5.41) is 3.51. The van der Waals surface area contributed by atoms with Gasteiger partial charge in [0.2, 0.25) is 0 Å². The van der Waals surface area contributed by atoms with Gasteiger partial charge in [0.1, 0.15) is 0 Å². The van der Waals surface area contributed by atoms with E-state index in [4.69, 9.17) is 9.47 Å². The fourth-order valence-electron chi connectivity index (χ4n) is 2.42. The molecular weight excluding hydrogens is 242 g/mol. The van der Waals surface area contributed by atoms with Crippen molar-refractivity contribution in [1.29, 1.82) is 0 Å². The molecule has 0 amide bonds. The number of methoxy groups -OCH3 is 2. The van der Waals surface area contributed by atoms with Gasteiger partial charge >= 0.3 is 0 Å². The Morgan fingerprint density at radius 2 is 1.89 bits per heavy atom. The summed E-state index contributed by atoms with van der Waals surface area (Å²) < 4.78 is 10.4. The SMILES string of the molecule is COC(CNC1CCN(c2ccncc2)CC1)OC. The summed E-state index contributed by atoms with van der Waals surface area (Å²) in [6, 6.07) is 4.69. The van der Waals surface area contributed by atoms with Crippen molar-refractivity contribution in [3.05, 3.63) is 24.5 Å². The van der Waals surface area contributed by atoms with Crippen LogP contribution < -0.4 is 10.2 Å². The largest absolute Gasteiger partial charge is 0.371 e. The van der Waals surface area contributed by atoms with Gasteiger partial charge in [-0.25, -0.2) is 0 Å². The van der Waals surface area contributed by atoms with E-state index < -0.39 is 0 Å². The molecule has 1 fully saturated rings. The zero-order valence-electron chi connectivity index (χ0n) is 11.7. The van der Waals surface area contributed by atoms with E-state index in [0.717, 1.165) is 32.5 Å². The van der Waals surface area contributed by atoms with Crippen LogP contribution in [0.5, 0.6) is 0 Å². The molecule has 0 spiro atoms. The number of nitrogens with one attached hydrogen (secondary N) is 1. The van der Waals surface area contributed by atoms with Gasteiger partial charge < -0.3 is 19.7 Å². The number of rotatable bonds is 6. The molecule has 1 aliphatic rings. The van der Waals surface area contributed by atoms with Crippen LogP contribution in [0.2, 0.25) is 0 Å². The smallest absolute Gasteiger partial charge is 0.169 e. The summed E-state index contributed by atoms with van der Waals surface area (Å²) in [5.41, 5.74) is 1.26. The molecule has 5 heteroatoms. The summed E-state index contributed by atoms with van der Waals surface area (Å²) in [6.45, 7) is 2.89. The first-order chi connectivity index (χ1) is 9.33. The van der Waals surface area contributed by atoms with E-state index in [9.17, 15) is 0 Å². The van der Waals surface area contributed by atoms with Gasteiger partial charge in [-0.2, -0.15) is 0 Å². The number of hydrogen-bond acceptors (Lipinski definition) is 5. The molecule has 0 atom stereocenters. The van der Waals surface area contributed by atoms with Crippen molar-refractivity contribution in [1.82, 2.24) is 10.3 Å². The van der Waals surface area contributed by atoms with E-state index in [2.05, 4.69) is 27.3 Å². The molecule has 2 rings (SSSR count). The molecule has 1 aliphatic heterocycles. The molecule has 0 bridgehead atoms. The maximum atomic E-state index is 5.18. The van der Waals surface area contributed by atoms with E-state index >= 15 is 0 Å². The molecule has 0 unspecified atom stereocenters. The predicted octanol–water partition coefficient (Wildman–Crippen LogP) is 1.26. The fourth-order valence-corrected chi connectivity index (χ4v) is 2.42. The highest BCUT2D eigenvalue weighted by Crippen LogP contribution is 2.18. The number of ether oxygens (including phenoxy) is 2. The average Bonchev–Trinajstić information content (AvgIpc) is 2.50. The van der Waals surface area contributed by atoms with Gasteiger partial charge in [-0.15, -0.1) is 0 Å². The number of aromatic nitrogens is 1. The first kappa shape index (κ1) is 14.2. The lowest BCUT2D eigenvalue weighted by Gasteiger charge is -2.34. The van der Waals surface area contributed by atoms with Crippen LogP contribution in [0, 0.1) is 0 Å². The molecule has 0 radical (unpaired) electrons. The Bertz CT molecular complexity index is 349. The van der Waals surface area contributed by atoms with Crippen molar-refractivity contribution in [3.8, 4) is 0 Å². The summed E-state index contributed by atoms with van der Waals surface area (Å²) in [5.74, 6) is 0. The quantitative estimate of drug-likeness (QED) is 0.785. The fraction of sp³-hybridized carbons (Fsp3) is 0.643. The molecule has 0 aliphatic carbocycles. The van der Waals surface area contributed by atoms with Crippen molar-refractivity contribution in [3.63, 3.8) is 0 Å². The molecule has 0 saturated carbocycles. The van der Waals surface area contributed by atoms with E-state index in [1.165, 1.54) is 5.69 Å². The molecule has 106 valence electrons.